The van der Waals surface area contributed by atoms with Gasteiger partial charge in [0.2, 0.25) is 0 Å². The van der Waals surface area contributed by atoms with E-state index in [9.17, 15) is 18.3 Å². The topological polar surface area (TPSA) is 42.4 Å². The summed E-state index contributed by atoms with van der Waals surface area (Å²) in [6.07, 6.45) is 0.384. The highest BCUT2D eigenvalue weighted by Crippen LogP contribution is 2.57. The van der Waals surface area contributed by atoms with E-state index in [1.165, 1.54) is 18.3 Å². The van der Waals surface area contributed by atoms with Crippen LogP contribution >= 0.6 is 27.7 Å². The quantitative estimate of drug-likeness (QED) is 0.835. The molecule has 1 aliphatic rings. The first-order valence-corrected chi connectivity index (χ1v) is 7.35. The molecule has 2 aromatic rings. The van der Waals surface area contributed by atoms with E-state index in [1.54, 1.807) is 0 Å². The van der Waals surface area contributed by atoms with E-state index in [-0.39, 0.29) is 26.4 Å². The van der Waals surface area contributed by atoms with Gasteiger partial charge >= 0.3 is 5.25 Å². The summed E-state index contributed by atoms with van der Waals surface area (Å²) in [5.74, 6) is -0.257. The van der Waals surface area contributed by atoms with Crippen LogP contribution < -0.4 is 4.74 Å². The number of pyridine rings is 1. The molecule has 0 radical (unpaired) electrons. The minimum atomic E-state index is -3.29. The van der Waals surface area contributed by atoms with Gasteiger partial charge in [-0.15, -0.1) is 0 Å². The molecular formula is C13H7BrF3NO2S. The highest BCUT2D eigenvalue weighted by molar-refractivity contribution is 9.10. The fraction of sp³-hybridized carbons (Fsp3) is 0.154. The van der Waals surface area contributed by atoms with Crippen molar-refractivity contribution in [2.45, 2.75) is 16.3 Å². The number of benzene rings is 1. The lowest BCUT2D eigenvalue weighted by Crippen LogP contribution is -2.16. The molecule has 8 heteroatoms. The lowest BCUT2D eigenvalue weighted by Gasteiger charge is -2.14. The molecule has 0 aliphatic carbocycles. The Kier molecular flexibility index (Phi) is 3.62. The molecule has 0 saturated carbocycles. The summed E-state index contributed by atoms with van der Waals surface area (Å²) in [6, 6.07) is 4.01. The third-order valence-corrected chi connectivity index (χ3v) is 4.74. The number of nitrogens with zero attached hydrogens (tertiary/aromatic N) is 1. The molecule has 1 unspecified atom stereocenters. The normalized spacial score (nSPS) is 19.4. The maximum absolute atomic E-state index is 13.5. The number of thioether (sulfide) groups is 1. The zero-order valence-corrected chi connectivity index (χ0v) is 12.6. The first-order valence-electron chi connectivity index (χ1n) is 5.74. The zero-order chi connectivity index (χ0) is 15.2. The molecule has 0 saturated heterocycles. The summed E-state index contributed by atoms with van der Waals surface area (Å²) in [5, 5.41) is 6.41. The van der Waals surface area contributed by atoms with Gasteiger partial charge in [-0.1, -0.05) is 0 Å². The van der Waals surface area contributed by atoms with Crippen molar-refractivity contribution in [2.75, 3.05) is 0 Å². The maximum Gasteiger partial charge on any atom is 0.327 e. The molecule has 2 heterocycles. The number of ether oxygens (including phenoxy) is 1. The van der Waals surface area contributed by atoms with Gasteiger partial charge in [0.15, 0.2) is 6.10 Å². The number of aliphatic hydroxyl groups excluding tert-OH is 1. The van der Waals surface area contributed by atoms with Crippen LogP contribution in [0.1, 0.15) is 11.7 Å². The number of hydrogen-bond acceptors (Lipinski definition) is 4. The van der Waals surface area contributed by atoms with Crippen LogP contribution in [-0.4, -0.2) is 15.3 Å². The molecule has 0 spiro atoms. The minimum absolute atomic E-state index is 0.0619. The summed E-state index contributed by atoms with van der Waals surface area (Å²) in [6.45, 7) is 0. The predicted octanol–water partition coefficient (Wildman–Crippen LogP) is 4.51. The molecule has 1 atom stereocenters. The predicted molar refractivity (Wildman–Crippen MR) is 74.2 cm³/mol. The molecule has 1 aromatic heterocycles. The van der Waals surface area contributed by atoms with E-state index in [0.29, 0.717) is 11.8 Å². The second-order valence-electron chi connectivity index (χ2n) is 4.30. The third-order valence-electron chi connectivity index (χ3n) is 2.85. The lowest BCUT2D eigenvalue weighted by atomic mass is 10.1. The van der Waals surface area contributed by atoms with Crippen LogP contribution in [0.2, 0.25) is 0 Å². The van der Waals surface area contributed by atoms with Crippen LogP contribution in [0.15, 0.2) is 40.0 Å². The Morgan fingerprint density at radius 1 is 1.33 bits per heavy atom. The summed E-state index contributed by atoms with van der Waals surface area (Å²) in [4.78, 5) is 3.90. The summed E-state index contributed by atoms with van der Waals surface area (Å²) >= 11 is 3.45. The fourth-order valence-corrected chi connectivity index (χ4v) is 3.68. The van der Waals surface area contributed by atoms with Gasteiger partial charge in [-0.25, -0.2) is 4.39 Å². The average molecular weight is 378 g/mol. The molecule has 1 N–H and O–H groups in total. The van der Waals surface area contributed by atoms with Crippen molar-refractivity contribution < 1.29 is 23.0 Å². The number of halogens is 4. The van der Waals surface area contributed by atoms with Gasteiger partial charge in [0, 0.05) is 16.5 Å². The van der Waals surface area contributed by atoms with Gasteiger partial charge in [0.05, 0.1) is 16.9 Å². The number of rotatable bonds is 2. The van der Waals surface area contributed by atoms with Crippen LogP contribution in [0.25, 0.3) is 0 Å². The Morgan fingerprint density at radius 2 is 2.10 bits per heavy atom. The van der Waals surface area contributed by atoms with Crippen molar-refractivity contribution in [1.82, 2.24) is 4.98 Å². The van der Waals surface area contributed by atoms with Crippen molar-refractivity contribution in [3.05, 3.63) is 46.4 Å². The van der Waals surface area contributed by atoms with Gasteiger partial charge < -0.3 is 9.84 Å². The number of aromatic nitrogens is 1. The van der Waals surface area contributed by atoms with Gasteiger partial charge in [-0.2, -0.15) is 8.78 Å². The van der Waals surface area contributed by atoms with Gasteiger partial charge in [-0.05, 0) is 39.8 Å². The highest BCUT2D eigenvalue weighted by atomic mass is 79.9. The van der Waals surface area contributed by atoms with Crippen LogP contribution in [0.5, 0.6) is 11.5 Å². The van der Waals surface area contributed by atoms with E-state index in [1.807, 2.05) is 0 Å². The number of alkyl halides is 2. The second-order valence-corrected chi connectivity index (χ2v) is 6.28. The molecule has 21 heavy (non-hydrogen) atoms. The Bertz CT molecular complexity index is 714. The lowest BCUT2D eigenvalue weighted by molar-refractivity contribution is -0.0314. The summed E-state index contributed by atoms with van der Waals surface area (Å²) < 4.78 is 45.7. The molecule has 0 fully saturated rings. The van der Waals surface area contributed by atoms with Crippen molar-refractivity contribution in [1.29, 1.82) is 0 Å². The van der Waals surface area contributed by atoms with E-state index < -0.39 is 17.2 Å². The maximum atomic E-state index is 13.5. The van der Waals surface area contributed by atoms with Gasteiger partial charge in [0.1, 0.15) is 17.3 Å². The Morgan fingerprint density at radius 3 is 2.81 bits per heavy atom. The van der Waals surface area contributed by atoms with E-state index in [0.717, 1.165) is 12.3 Å². The van der Waals surface area contributed by atoms with Crippen LogP contribution in [-0.2, 0) is 0 Å². The van der Waals surface area contributed by atoms with Crippen LogP contribution in [0, 0.1) is 5.82 Å². The van der Waals surface area contributed by atoms with Gasteiger partial charge in [0.25, 0.3) is 0 Å². The van der Waals surface area contributed by atoms with Crippen LogP contribution in [0.4, 0.5) is 13.2 Å². The summed E-state index contributed by atoms with van der Waals surface area (Å²) in [7, 11) is 0. The average Bonchev–Trinajstić information content (AvgIpc) is 2.64. The number of aliphatic hydroxyl groups is 1. The second kappa shape index (κ2) is 5.19. The van der Waals surface area contributed by atoms with E-state index in [4.69, 9.17) is 4.74 Å². The molecule has 110 valence electrons. The molecule has 3 nitrogen and oxygen atoms in total. The molecule has 3 rings (SSSR count). The molecule has 1 aliphatic heterocycles. The SMILES string of the molecule is OC1c2c(ccc(Oc3cncc(F)c3)c2Br)SC1(F)F. The molecule has 0 bridgehead atoms. The number of hydrogen-bond donors (Lipinski definition) is 1. The zero-order valence-electron chi connectivity index (χ0n) is 10.2. The van der Waals surface area contributed by atoms with Gasteiger partial charge in [-0.3, -0.25) is 4.98 Å². The fourth-order valence-electron chi connectivity index (χ4n) is 1.92. The number of fused-ring (bicyclic) bond motifs is 1. The molecular weight excluding hydrogens is 371 g/mol. The van der Waals surface area contributed by atoms with Crippen LogP contribution in [0.3, 0.4) is 0 Å². The minimum Gasteiger partial charge on any atom is -0.454 e. The Labute approximate surface area is 130 Å². The smallest absolute Gasteiger partial charge is 0.327 e. The Balaban J connectivity index is 1.98. The van der Waals surface area contributed by atoms with Crippen molar-refractivity contribution in [2.24, 2.45) is 0 Å². The van der Waals surface area contributed by atoms with Crippen molar-refractivity contribution >= 4 is 27.7 Å². The highest BCUT2D eigenvalue weighted by Gasteiger charge is 2.49. The monoisotopic (exact) mass is 377 g/mol. The van der Waals surface area contributed by atoms with E-state index in [2.05, 4.69) is 20.9 Å². The van der Waals surface area contributed by atoms with Crippen molar-refractivity contribution in [3.8, 4) is 11.5 Å². The Hall–Kier alpha value is -1.25. The summed E-state index contributed by atoms with van der Waals surface area (Å²) in [5.41, 5.74) is 0.0619. The van der Waals surface area contributed by atoms with Crippen molar-refractivity contribution in [3.63, 3.8) is 0 Å². The molecule has 0 amide bonds. The standard InChI is InChI=1S/C13H7BrF3NO2S/c14-11-8(20-7-3-6(15)4-18-5-7)1-2-9-10(11)12(19)13(16,17)21-9/h1-5,12,19H. The van der Waals surface area contributed by atoms with E-state index >= 15 is 0 Å². The largest absolute Gasteiger partial charge is 0.454 e. The first-order chi connectivity index (χ1) is 9.88. The first kappa shape index (κ1) is 14.7. The molecule has 1 aromatic carbocycles. The third kappa shape index (κ3) is 2.63.